The van der Waals surface area contributed by atoms with Gasteiger partial charge in [0.2, 0.25) is 0 Å². The van der Waals surface area contributed by atoms with Gasteiger partial charge in [0.05, 0.1) is 0 Å². The van der Waals surface area contributed by atoms with Crippen molar-refractivity contribution in [2.45, 2.75) is 38.6 Å². The van der Waals surface area contributed by atoms with Crippen LogP contribution in [0.3, 0.4) is 0 Å². The molecule has 1 atom stereocenters. The highest BCUT2D eigenvalue weighted by atomic mass is 16.2. The average molecular weight is 256 g/mol. The number of amides is 1. The van der Waals surface area contributed by atoms with E-state index in [1.54, 1.807) is 0 Å². The van der Waals surface area contributed by atoms with Gasteiger partial charge in [-0.2, -0.15) is 0 Å². The molecule has 1 fully saturated rings. The Morgan fingerprint density at radius 2 is 2.21 bits per heavy atom. The van der Waals surface area contributed by atoms with E-state index in [2.05, 4.69) is 11.9 Å². The second-order valence-electron chi connectivity index (χ2n) is 5.33. The van der Waals surface area contributed by atoms with E-state index in [1.165, 1.54) is 6.42 Å². The SMILES string of the molecule is CC[C@@H]1CCCCN1C(=O)c1cc2ccccc2[nH]1. The molecule has 2 aromatic rings. The van der Waals surface area contributed by atoms with Gasteiger partial charge in [0.25, 0.3) is 5.91 Å². The van der Waals surface area contributed by atoms with E-state index in [0.29, 0.717) is 6.04 Å². The first-order chi connectivity index (χ1) is 9.29. The summed E-state index contributed by atoms with van der Waals surface area (Å²) in [5.41, 5.74) is 1.76. The molecule has 0 spiro atoms. The molecule has 0 bridgehead atoms. The molecule has 3 heteroatoms. The van der Waals surface area contributed by atoms with Crippen LogP contribution in [0.15, 0.2) is 30.3 Å². The van der Waals surface area contributed by atoms with Crippen LogP contribution in [-0.4, -0.2) is 28.4 Å². The van der Waals surface area contributed by atoms with Crippen LogP contribution in [0.4, 0.5) is 0 Å². The number of benzene rings is 1. The van der Waals surface area contributed by atoms with Gasteiger partial charge in [-0.1, -0.05) is 25.1 Å². The summed E-state index contributed by atoms with van der Waals surface area (Å²) in [7, 11) is 0. The summed E-state index contributed by atoms with van der Waals surface area (Å²) in [6.07, 6.45) is 4.56. The Morgan fingerprint density at radius 3 is 3.00 bits per heavy atom. The van der Waals surface area contributed by atoms with E-state index in [-0.39, 0.29) is 5.91 Å². The summed E-state index contributed by atoms with van der Waals surface area (Å²) in [6.45, 7) is 3.06. The lowest BCUT2D eigenvalue weighted by atomic mass is 9.99. The van der Waals surface area contributed by atoms with Crippen molar-refractivity contribution in [2.75, 3.05) is 6.54 Å². The highest BCUT2D eigenvalue weighted by Crippen LogP contribution is 2.23. The molecule has 0 unspecified atom stereocenters. The molecule has 0 saturated carbocycles. The van der Waals surface area contributed by atoms with Gasteiger partial charge in [-0.15, -0.1) is 0 Å². The predicted molar refractivity (Wildman–Crippen MR) is 77.3 cm³/mol. The first-order valence-corrected chi connectivity index (χ1v) is 7.18. The molecule has 100 valence electrons. The van der Waals surface area contributed by atoms with Crippen LogP contribution in [0.25, 0.3) is 10.9 Å². The fourth-order valence-electron chi connectivity index (χ4n) is 3.04. The van der Waals surface area contributed by atoms with Crippen molar-refractivity contribution >= 4 is 16.8 Å². The molecular weight excluding hydrogens is 236 g/mol. The maximum absolute atomic E-state index is 12.6. The fourth-order valence-corrected chi connectivity index (χ4v) is 3.04. The number of para-hydroxylation sites is 1. The normalized spacial score (nSPS) is 19.8. The Morgan fingerprint density at radius 1 is 1.37 bits per heavy atom. The zero-order valence-electron chi connectivity index (χ0n) is 11.4. The minimum Gasteiger partial charge on any atom is -0.351 e. The Bertz CT molecular complexity index is 554. The lowest BCUT2D eigenvalue weighted by Gasteiger charge is -2.35. The lowest BCUT2D eigenvalue weighted by molar-refractivity contribution is 0.0603. The summed E-state index contributed by atoms with van der Waals surface area (Å²) >= 11 is 0. The van der Waals surface area contributed by atoms with E-state index >= 15 is 0 Å². The molecule has 2 heterocycles. The maximum Gasteiger partial charge on any atom is 0.270 e. The average Bonchev–Trinajstić information content (AvgIpc) is 2.90. The first-order valence-electron chi connectivity index (χ1n) is 7.18. The smallest absolute Gasteiger partial charge is 0.270 e. The first kappa shape index (κ1) is 12.3. The fraction of sp³-hybridized carbons (Fsp3) is 0.438. The van der Waals surface area contributed by atoms with Crippen LogP contribution in [0.2, 0.25) is 0 Å². The second-order valence-corrected chi connectivity index (χ2v) is 5.33. The number of fused-ring (bicyclic) bond motifs is 1. The molecular formula is C16H20N2O. The number of hydrogen-bond acceptors (Lipinski definition) is 1. The minimum atomic E-state index is 0.155. The Kier molecular flexibility index (Phi) is 3.28. The number of carbonyl (C=O) groups excluding carboxylic acids is 1. The molecule has 0 radical (unpaired) electrons. The van der Waals surface area contributed by atoms with Gasteiger partial charge in [-0.05, 0) is 37.8 Å². The van der Waals surface area contributed by atoms with E-state index in [1.807, 2.05) is 35.2 Å². The number of nitrogens with zero attached hydrogens (tertiary/aromatic N) is 1. The van der Waals surface area contributed by atoms with Crippen LogP contribution in [-0.2, 0) is 0 Å². The van der Waals surface area contributed by atoms with E-state index < -0.39 is 0 Å². The third kappa shape index (κ3) is 2.25. The number of likely N-dealkylation sites (tertiary alicyclic amines) is 1. The van der Waals surface area contributed by atoms with Crippen LogP contribution in [0.5, 0.6) is 0 Å². The second kappa shape index (κ2) is 5.08. The Hall–Kier alpha value is -1.77. The molecule has 1 aliphatic rings. The van der Waals surface area contributed by atoms with Crippen LogP contribution < -0.4 is 0 Å². The van der Waals surface area contributed by atoms with E-state index in [9.17, 15) is 4.79 Å². The summed E-state index contributed by atoms with van der Waals surface area (Å²) in [4.78, 5) is 17.9. The van der Waals surface area contributed by atoms with Gasteiger partial charge in [0.15, 0.2) is 0 Å². The van der Waals surface area contributed by atoms with Gasteiger partial charge in [0, 0.05) is 23.5 Å². The van der Waals surface area contributed by atoms with Crippen molar-refractivity contribution in [1.82, 2.24) is 9.88 Å². The molecule has 1 aromatic heterocycles. The van der Waals surface area contributed by atoms with Gasteiger partial charge in [0.1, 0.15) is 5.69 Å². The number of H-pyrrole nitrogens is 1. The highest BCUT2D eigenvalue weighted by molar-refractivity contribution is 5.98. The van der Waals surface area contributed by atoms with Crippen molar-refractivity contribution in [3.05, 3.63) is 36.0 Å². The van der Waals surface area contributed by atoms with Crippen molar-refractivity contribution in [1.29, 1.82) is 0 Å². The number of rotatable bonds is 2. The third-order valence-corrected chi connectivity index (χ3v) is 4.12. The van der Waals surface area contributed by atoms with Crippen molar-refractivity contribution in [3.63, 3.8) is 0 Å². The largest absolute Gasteiger partial charge is 0.351 e. The molecule has 1 amide bonds. The molecule has 1 aromatic carbocycles. The molecule has 1 saturated heterocycles. The number of carbonyl (C=O) groups is 1. The number of aromatic nitrogens is 1. The van der Waals surface area contributed by atoms with E-state index in [4.69, 9.17) is 0 Å². The predicted octanol–water partition coefficient (Wildman–Crippen LogP) is 3.57. The van der Waals surface area contributed by atoms with Gasteiger partial charge < -0.3 is 9.88 Å². The van der Waals surface area contributed by atoms with Crippen LogP contribution >= 0.6 is 0 Å². The van der Waals surface area contributed by atoms with Crippen LogP contribution in [0, 0.1) is 0 Å². The zero-order chi connectivity index (χ0) is 13.2. The summed E-state index contributed by atoms with van der Waals surface area (Å²) in [5, 5.41) is 1.11. The molecule has 0 aliphatic carbocycles. The van der Waals surface area contributed by atoms with Crippen molar-refractivity contribution in [3.8, 4) is 0 Å². The monoisotopic (exact) mass is 256 g/mol. The van der Waals surface area contributed by atoms with Gasteiger partial charge >= 0.3 is 0 Å². The van der Waals surface area contributed by atoms with Gasteiger partial charge in [-0.3, -0.25) is 4.79 Å². The molecule has 3 rings (SSSR count). The van der Waals surface area contributed by atoms with Crippen molar-refractivity contribution < 1.29 is 4.79 Å². The zero-order valence-corrected chi connectivity index (χ0v) is 11.4. The van der Waals surface area contributed by atoms with Crippen LogP contribution in [0.1, 0.15) is 43.1 Å². The number of aromatic amines is 1. The van der Waals surface area contributed by atoms with Crippen molar-refractivity contribution in [2.24, 2.45) is 0 Å². The topological polar surface area (TPSA) is 36.1 Å². The number of nitrogens with one attached hydrogen (secondary N) is 1. The molecule has 1 aliphatic heterocycles. The Balaban J connectivity index is 1.89. The Labute approximate surface area is 113 Å². The quantitative estimate of drug-likeness (QED) is 0.876. The number of hydrogen-bond donors (Lipinski definition) is 1. The summed E-state index contributed by atoms with van der Waals surface area (Å²) in [6, 6.07) is 10.4. The highest BCUT2D eigenvalue weighted by Gasteiger charge is 2.26. The molecule has 3 nitrogen and oxygen atoms in total. The summed E-state index contributed by atoms with van der Waals surface area (Å²) < 4.78 is 0. The summed E-state index contributed by atoms with van der Waals surface area (Å²) in [5.74, 6) is 0.155. The molecule has 19 heavy (non-hydrogen) atoms. The molecule has 1 N–H and O–H groups in total. The van der Waals surface area contributed by atoms with E-state index in [0.717, 1.165) is 42.4 Å². The number of piperidine rings is 1. The third-order valence-electron chi connectivity index (χ3n) is 4.12. The standard InChI is InChI=1S/C16H20N2O/c1-2-13-8-5-6-10-18(13)16(19)15-11-12-7-3-4-9-14(12)17-15/h3-4,7,9,11,13,17H,2,5-6,8,10H2,1H3/t13-/m1/s1. The minimum absolute atomic E-state index is 0.155. The maximum atomic E-state index is 12.6. The lowest BCUT2D eigenvalue weighted by Crippen LogP contribution is -2.43. The van der Waals surface area contributed by atoms with Gasteiger partial charge in [-0.25, -0.2) is 0 Å².